The molecule has 0 aromatic carbocycles. The summed E-state index contributed by atoms with van der Waals surface area (Å²) in [6.07, 6.45) is -3.63. The maximum Gasteiger partial charge on any atom is 0.401 e. The summed E-state index contributed by atoms with van der Waals surface area (Å²) in [5.41, 5.74) is -1.56. The predicted octanol–water partition coefficient (Wildman–Crippen LogP) is -0.0432. The van der Waals surface area contributed by atoms with Crippen molar-refractivity contribution in [2.24, 2.45) is 10.8 Å². The van der Waals surface area contributed by atoms with Crippen molar-refractivity contribution in [3.05, 3.63) is 0 Å². The van der Waals surface area contributed by atoms with E-state index in [2.05, 4.69) is 0 Å². The molecule has 0 N–H and O–H groups in total. The molecule has 3 saturated heterocycles. The van der Waals surface area contributed by atoms with E-state index in [4.69, 9.17) is 16.7 Å². The minimum absolute atomic E-state index is 0.780. The third kappa shape index (κ3) is 2.14. The van der Waals surface area contributed by atoms with Crippen molar-refractivity contribution in [3.8, 4) is 0 Å². The summed E-state index contributed by atoms with van der Waals surface area (Å²) in [7, 11) is -6.77. The Balaban J connectivity index is 2.15. The molecule has 3 aliphatic rings. The van der Waals surface area contributed by atoms with Crippen LogP contribution in [0.3, 0.4) is 0 Å². The van der Waals surface area contributed by atoms with Gasteiger partial charge in [-0.25, -0.2) is 21.6 Å². The van der Waals surface area contributed by atoms with E-state index < -0.39 is 56.3 Å². The Kier molecular flexibility index (Phi) is 3.32. The van der Waals surface area contributed by atoms with Gasteiger partial charge in [-0.2, -0.15) is 16.8 Å². The normalized spacial score (nSPS) is 45.0. The first-order valence-corrected chi connectivity index (χ1v) is 9.40. The molecule has 0 radical (unpaired) electrons. The zero-order valence-corrected chi connectivity index (χ0v) is 14.5. The van der Waals surface area contributed by atoms with E-state index in [1.54, 1.807) is 27.7 Å². The standard InChI is InChI=1S/C11H19NO8S2/c1-10(2)6-8(19-21(13,14)17-6)12(5)9-7(11(10,3)4)18-22(15,16)20-9/h6-9H,1-5H3. The van der Waals surface area contributed by atoms with Crippen LogP contribution in [-0.4, -0.2) is 53.4 Å². The van der Waals surface area contributed by atoms with E-state index in [0.29, 0.717) is 0 Å². The molecule has 3 heterocycles. The first-order valence-electron chi connectivity index (χ1n) is 6.73. The Morgan fingerprint density at radius 3 is 1.36 bits per heavy atom. The molecule has 4 atom stereocenters. The molecule has 0 bridgehead atoms. The SMILES string of the molecule is CN1C2OS(=O)(=O)OC2C(C)(C)C(C)(C)C2OS(=O)(=O)OC21. The number of nitrogens with zero attached hydrogens (tertiary/aromatic N) is 1. The molecule has 0 aliphatic carbocycles. The maximum absolute atomic E-state index is 11.7. The molecule has 0 spiro atoms. The molecule has 0 saturated carbocycles. The average Bonchev–Trinajstić information content (AvgIpc) is 2.83. The van der Waals surface area contributed by atoms with E-state index >= 15 is 0 Å². The lowest BCUT2D eigenvalue weighted by molar-refractivity contribution is -0.0726. The number of hydrogen-bond acceptors (Lipinski definition) is 9. The Morgan fingerprint density at radius 2 is 1.05 bits per heavy atom. The number of likely N-dealkylation sites (N-methyl/N-ethyl adjacent to an activating group) is 1. The smallest absolute Gasteiger partial charge is 0.248 e. The van der Waals surface area contributed by atoms with Gasteiger partial charge >= 0.3 is 20.8 Å². The Morgan fingerprint density at radius 1 is 0.727 bits per heavy atom. The predicted molar refractivity (Wildman–Crippen MR) is 72.7 cm³/mol. The summed E-state index contributed by atoms with van der Waals surface area (Å²) >= 11 is 0. The second-order valence-electron chi connectivity index (χ2n) is 6.93. The van der Waals surface area contributed by atoms with Crippen LogP contribution in [0.4, 0.5) is 0 Å². The molecule has 11 heteroatoms. The topological polar surface area (TPSA) is 108 Å². The second-order valence-corrected chi connectivity index (χ2v) is 9.34. The number of fused-ring (bicyclic) bond motifs is 2. The van der Waals surface area contributed by atoms with Gasteiger partial charge in [0.2, 0.25) is 0 Å². The van der Waals surface area contributed by atoms with E-state index in [9.17, 15) is 16.8 Å². The fraction of sp³-hybridized carbons (Fsp3) is 1.00. The third-order valence-electron chi connectivity index (χ3n) is 5.28. The highest BCUT2D eigenvalue weighted by Crippen LogP contribution is 2.55. The van der Waals surface area contributed by atoms with Gasteiger partial charge in [-0.15, -0.1) is 0 Å². The quantitative estimate of drug-likeness (QED) is 0.590. The molecule has 22 heavy (non-hydrogen) atoms. The zero-order valence-electron chi connectivity index (χ0n) is 12.8. The van der Waals surface area contributed by atoms with Crippen LogP contribution in [-0.2, 0) is 37.5 Å². The largest absolute Gasteiger partial charge is 0.401 e. The molecule has 0 aromatic heterocycles. The van der Waals surface area contributed by atoms with Gasteiger partial charge in [-0.05, 0) is 7.05 Å². The number of hydrogen-bond donors (Lipinski definition) is 0. The van der Waals surface area contributed by atoms with Crippen LogP contribution < -0.4 is 0 Å². The molecule has 3 fully saturated rings. The van der Waals surface area contributed by atoms with Crippen molar-refractivity contribution in [2.75, 3.05) is 7.05 Å². The zero-order chi connectivity index (χ0) is 16.7. The van der Waals surface area contributed by atoms with Gasteiger partial charge in [0.05, 0.1) is 0 Å². The molecule has 3 rings (SSSR count). The van der Waals surface area contributed by atoms with Gasteiger partial charge < -0.3 is 0 Å². The van der Waals surface area contributed by atoms with Crippen molar-refractivity contribution in [1.29, 1.82) is 0 Å². The van der Waals surface area contributed by atoms with Gasteiger partial charge in [0, 0.05) is 10.8 Å². The third-order valence-corrected chi connectivity index (χ3v) is 7.03. The first-order chi connectivity index (χ1) is 9.79. The summed E-state index contributed by atoms with van der Waals surface area (Å²) in [6, 6.07) is 0. The van der Waals surface area contributed by atoms with E-state index in [0.717, 1.165) is 0 Å². The maximum atomic E-state index is 11.7. The highest BCUT2D eigenvalue weighted by molar-refractivity contribution is 7.82. The van der Waals surface area contributed by atoms with E-state index in [1.165, 1.54) is 11.9 Å². The molecular formula is C11H19NO8S2. The molecule has 4 unspecified atom stereocenters. The van der Waals surface area contributed by atoms with Crippen LogP contribution in [0.5, 0.6) is 0 Å². The molecule has 128 valence electrons. The van der Waals surface area contributed by atoms with Gasteiger partial charge in [0.25, 0.3) is 0 Å². The summed E-state index contributed by atoms with van der Waals surface area (Å²) in [4.78, 5) is 1.39. The Bertz CT molecular complexity index is 638. The molecule has 9 nitrogen and oxygen atoms in total. The Labute approximate surface area is 130 Å². The minimum atomic E-state index is -4.14. The molecule has 0 amide bonds. The number of likely N-dealkylation sites (tertiary alicyclic amines) is 1. The van der Waals surface area contributed by atoms with Crippen LogP contribution in [0, 0.1) is 10.8 Å². The van der Waals surface area contributed by atoms with Crippen molar-refractivity contribution in [3.63, 3.8) is 0 Å². The lowest BCUT2D eigenvalue weighted by atomic mass is 9.62. The van der Waals surface area contributed by atoms with E-state index in [-0.39, 0.29) is 0 Å². The minimum Gasteiger partial charge on any atom is -0.248 e. The van der Waals surface area contributed by atoms with Crippen LogP contribution in [0.1, 0.15) is 27.7 Å². The van der Waals surface area contributed by atoms with Crippen molar-refractivity contribution < 1.29 is 33.6 Å². The Hall–Kier alpha value is -0.300. The van der Waals surface area contributed by atoms with Gasteiger partial charge in [0.15, 0.2) is 12.5 Å². The first kappa shape index (κ1) is 16.6. The molecule has 3 aliphatic heterocycles. The summed E-state index contributed by atoms with van der Waals surface area (Å²) < 4.78 is 67.1. The molecular weight excluding hydrogens is 338 g/mol. The van der Waals surface area contributed by atoms with Gasteiger partial charge in [0.1, 0.15) is 12.2 Å². The van der Waals surface area contributed by atoms with Crippen molar-refractivity contribution in [2.45, 2.75) is 52.4 Å². The second kappa shape index (κ2) is 4.41. The van der Waals surface area contributed by atoms with Crippen LogP contribution in [0.15, 0.2) is 0 Å². The highest BCUT2D eigenvalue weighted by atomic mass is 32.3. The number of rotatable bonds is 0. The van der Waals surface area contributed by atoms with Crippen LogP contribution in [0.2, 0.25) is 0 Å². The summed E-state index contributed by atoms with van der Waals surface area (Å²) in [5, 5.41) is 0. The van der Waals surface area contributed by atoms with Gasteiger partial charge in [-0.3, -0.25) is 0 Å². The van der Waals surface area contributed by atoms with Crippen LogP contribution in [0.25, 0.3) is 0 Å². The average molecular weight is 357 g/mol. The van der Waals surface area contributed by atoms with E-state index in [1.807, 2.05) is 0 Å². The fourth-order valence-electron chi connectivity index (χ4n) is 3.13. The molecule has 0 aromatic rings. The summed E-state index contributed by atoms with van der Waals surface area (Å²) in [6.45, 7) is 7.16. The summed E-state index contributed by atoms with van der Waals surface area (Å²) in [5.74, 6) is 0. The lowest BCUT2D eigenvalue weighted by Crippen LogP contribution is -2.51. The van der Waals surface area contributed by atoms with Crippen LogP contribution >= 0.6 is 0 Å². The van der Waals surface area contributed by atoms with Crippen molar-refractivity contribution >= 4 is 20.8 Å². The monoisotopic (exact) mass is 357 g/mol. The van der Waals surface area contributed by atoms with Gasteiger partial charge in [-0.1, -0.05) is 27.7 Å². The highest BCUT2D eigenvalue weighted by Gasteiger charge is 2.66. The fourth-order valence-corrected chi connectivity index (χ4v) is 5.36. The lowest BCUT2D eigenvalue weighted by Gasteiger charge is -2.45. The van der Waals surface area contributed by atoms with Crippen molar-refractivity contribution in [1.82, 2.24) is 4.90 Å².